The Hall–Kier alpha value is -1.95. The van der Waals surface area contributed by atoms with Crippen molar-refractivity contribution < 1.29 is 4.79 Å². The highest BCUT2D eigenvalue weighted by molar-refractivity contribution is 7.99. The van der Waals surface area contributed by atoms with E-state index in [1.165, 1.54) is 4.90 Å². The summed E-state index contributed by atoms with van der Waals surface area (Å²) in [5.74, 6) is 1.65. The topological polar surface area (TPSA) is 56.7 Å². The molecule has 0 radical (unpaired) electrons. The zero-order valence-electron chi connectivity index (χ0n) is 14.4. The van der Waals surface area contributed by atoms with Gasteiger partial charge in [0.05, 0.1) is 0 Å². The van der Waals surface area contributed by atoms with Crippen LogP contribution < -0.4 is 10.6 Å². The molecular weight excluding hydrogens is 320 g/mol. The zero-order chi connectivity index (χ0) is 17.2. The molecule has 130 valence electrons. The number of carbonyl (C=O) groups excluding carboxylic acids is 1. The van der Waals surface area contributed by atoms with Crippen LogP contribution in [0.3, 0.4) is 0 Å². The maximum atomic E-state index is 11.7. The van der Waals surface area contributed by atoms with E-state index in [0.29, 0.717) is 12.0 Å². The van der Waals surface area contributed by atoms with Gasteiger partial charge in [-0.1, -0.05) is 30.4 Å². The van der Waals surface area contributed by atoms with Crippen LogP contribution in [0.5, 0.6) is 0 Å². The minimum atomic E-state index is -0.000641. The first kappa shape index (κ1) is 18.4. The molecule has 2 rings (SSSR count). The first-order valence-electron chi connectivity index (χ1n) is 8.23. The van der Waals surface area contributed by atoms with Crippen LogP contribution in [0.15, 0.2) is 52.4 Å². The van der Waals surface area contributed by atoms with Gasteiger partial charge in [0.25, 0.3) is 0 Å². The number of nitrogens with one attached hydrogen (secondary N) is 2. The molecule has 0 atom stereocenters. The van der Waals surface area contributed by atoms with E-state index in [2.05, 4.69) is 39.9 Å². The van der Waals surface area contributed by atoms with Gasteiger partial charge in [-0.05, 0) is 25.0 Å². The summed E-state index contributed by atoms with van der Waals surface area (Å²) in [7, 11) is 3.49. The molecule has 0 saturated carbocycles. The summed E-state index contributed by atoms with van der Waals surface area (Å²) in [5, 5.41) is 6.74. The molecule has 0 aromatic heterocycles. The van der Waals surface area contributed by atoms with Crippen LogP contribution in [0.1, 0.15) is 12.8 Å². The van der Waals surface area contributed by atoms with Gasteiger partial charge in [-0.25, -0.2) is 4.99 Å². The Bertz CT molecular complexity index is 564. The van der Waals surface area contributed by atoms with E-state index in [1.807, 2.05) is 18.2 Å². The molecule has 24 heavy (non-hydrogen) atoms. The summed E-state index contributed by atoms with van der Waals surface area (Å²) in [5.41, 5.74) is 0. The van der Waals surface area contributed by atoms with Crippen molar-refractivity contribution in [1.82, 2.24) is 15.5 Å². The molecule has 1 aliphatic carbocycles. The fourth-order valence-electron chi connectivity index (χ4n) is 2.22. The Morgan fingerprint density at radius 2 is 1.96 bits per heavy atom. The Balaban J connectivity index is 1.80. The molecule has 1 aliphatic rings. The van der Waals surface area contributed by atoms with Crippen molar-refractivity contribution in [1.29, 1.82) is 0 Å². The van der Waals surface area contributed by atoms with E-state index in [0.717, 1.165) is 25.1 Å². The molecule has 1 aromatic carbocycles. The maximum absolute atomic E-state index is 11.7. The molecule has 1 amide bonds. The minimum Gasteiger partial charge on any atom is -0.356 e. The molecule has 0 heterocycles. The lowest BCUT2D eigenvalue weighted by Gasteiger charge is -2.18. The number of nitrogens with zero attached hydrogens (tertiary/aromatic N) is 2. The Morgan fingerprint density at radius 1 is 1.25 bits per heavy atom. The highest BCUT2D eigenvalue weighted by atomic mass is 32.2. The molecule has 0 aliphatic heterocycles. The lowest BCUT2D eigenvalue weighted by atomic mass is 10.2. The van der Waals surface area contributed by atoms with E-state index in [1.54, 1.807) is 30.8 Å². The minimum absolute atomic E-state index is 0.000641. The van der Waals surface area contributed by atoms with Gasteiger partial charge in [-0.3, -0.25) is 4.79 Å². The third-order valence-electron chi connectivity index (χ3n) is 3.63. The summed E-state index contributed by atoms with van der Waals surface area (Å²) in [6.07, 6.45) is 6.35. The van der Waals surface area contributed by atoms with Crippen molar-refractivity contribution in [3.8, 4) is 0 Å². The Kier molecular flexibility index (Phi) is 7.68. The molecule has 2 N–H and O–H groups in total. The number of amides is 1. The predicted octanol–water partition coefficient (Wildman–Crippen LogP) is 2.12. The third kappa shape index (κ3) is 6.66. The van der Waals surface area contributed by atoms with Gasteiger partial charge in [0.15, 0.2) is 5.96 Å². The number of aliphatic imine (C=N–C) groups is 1. The average molecular weight is 347 g/mol. The zero-order valence-corrected chi connectivity index (χ0v) is 15.2. The van der Waals surface area contributed by atoms with Crippen molar-refractivity contribution >= 4 is 23.6 Å². The SMILES string of the molecule is CN(C)C(=O)CN=C(NCCSc1ccccc1)NC1CC=CC1. The summed E-state index contributed by atoms with van der Waals surface area (Å²) in [4.78, 5) is 19.0. The molecule has 0 saturated heterocycles. The monoisotopic (exact) mass is 346 g/mol. The van der Waals surface area contributed by atoms with Gasteiger partial charge < -0.3 is 15.5 Å². The maximum Gasteiger partial charge on any atom is 0.243 e. The van der Waals surface area contributed by atoms with E-state index < -0.39 is 0 Å². The van der Waals surface area contributed by atoms with Gasteiger partial charge >= 0.3 is 0 Å². The number of likely N-dealkylation sites (N-methyl/N-ethyl adjacent to an activating group) is 1. The van der Waals surface area contributed by atoms with Crippen LogP contribution in [-0.4, -0.2) is 55.7 Å². The molecule has 1 aromatic rings. The van der Waals surface area contributed by atoms with Gasteiger partial charge in [-0.15, -0.1) is 11.8 Å². The summed E-state index contributed by atoms with van der Waals surface area (Å²) < 4.78 is 0. The normalized spacial score (nSPS) is 14.7. The third-order valence-corrected chi connectivity index (χ3v) is 4.64. The fraction of sp³-hybridized carbons (Fsp3) is 0.444. The molecule has 5 nitrogen and oxygen atoms in total. The highest BCUT2D eigenvalue weighted by Gasteiger charge is 2.12. The van der Waals surface area contributed by atoms with E-state index in [9.17, 15) is 4.79 Å². The molecule has 0 unspecified atom stereocenters. The lowest BCUT2D eigenvalue weighted by molar-refractivity contribution is -0.127. The van der Waals surface area contributed by atoms with Crippen LogP contribution in [0.4, 0.5) is 0 Å². The van der Waals surface area contributed by atoms with Crippen molar-refractivity contribution in [3.05, 3.63) is 42.5 Å². The molecule has 0 fully saturated rings. The Morgan fingerprint density at radius 3 is 2.62 bits per heavy atom. The van der Waals surface area contributed by atoms with Gasteiger partial charge in [0.1, 0.15) is 6.54 Å². The standard InChI is InChI=1S/C18H26N4OS/c1-22(2)17(23)14-20-18(21-15-8-6-7-9-15)19-12-13-24-16-10-4-3-5-11-16/h3-7,10-11,15H,8-9,12-14H2,1-2H3,(H2,19,20,21). The smallest absolute Gasteiger partial charge is 0.243 e. The van der Waals surface area contributed by atoms with Gasteiger partial charge in [-0.2, -0.15) is 0 Å². The predicted molar refractivity (Wildman–Crippen MR) is 101 cm³/mol. The summed E-state index contributed by atoms with van der Waals surface area (Å²) in [6, 6.07) is 10.7. The first-order chi connectivity index (χ1) is 11.6. The van der Waals surface area contributed by atoms with Crippen LogP contribution >= 0.6 is 11.8 Å². The summed E-state index contributed by atoms with van der Waals surface area (Å²) in [6.45, 7) is 0.954. The Labute approximate surface area is 148 Å². The second-order valence-corrected chi connectivity index (χ2v) is 6.99. The molecule has 6 heteroatoms. The molecule has 0 spiro atoms. The fourth-order valence-corrected chi connectivity index (χ4v) is 3.01. The molecule has 0 bridgehead atoms. The van der Waals surface area contributed by atoms with E-state index >= 15 is 0 Å². The second kappa shape index (κ2) is 10.0. The van der Waals surface area contributed by atoms with E-state index in [4.69, 9.17) is 0 Å². The van der Waals surface area contributed by atoms with Crippen LogP contribution in [0.2, 0.25) is 0 Å². The molecular formula is C18H26N4OS. The first-order valence-corrected chi connectivity index (χ1v) is 9.21. The number of rotatable bonds is 7. The van der Waals surface area contributed by atoms with Crippen molar-refractivity contribution in [3.63, 3.8) is 0 Å². The number of hydrogen-bond acceptors (Lipinski definition) is 3. The van der Waals surface area contributed by atoms with Gasteiger partial charge in [0, 0.05) is 37.3 Å². The summed E-state index contributed by atoms with van der Waals surface area (Å²) >= 11 is 1.80. The highest BCUT2D eigenvalue weighted by Crippen LogP contribution is 2.15. The van der Waals surface area contributed by atoms with E-state index in [-0.39, 0.29) is 12.5 Å². The number of thioether (sulfide) groups is 1. The van der Waals surface area contributed by atoms with Crippen LogP contribution in [-0.2, 0) is 4.79 Å². The quantitative estimate of drug-likeness (QED) is 0.261. The largest absolute Gasteiger partial charge is 0.356 e. The lowest BCUT2D eigenvalue weighted by Crippen LogP contribution is -2.44. The number of carbonyl (C=O) groups is 1. The van der Waals surface area contributed by atoms with Crippen molar-refractivity contribution in [2.45, 2.75) is 23.8 Å². The number of guanidine groups is 1. The number of hydrogen-bond donors (Lipinski definition) is 2. The number of benzene rings is 1. The second-order valence-electron chi connectivity index (χ2n) is 5.83. The average Bonchev–Trinajstić information content (AvgIpc) is 3.09. The van der Waals surface area contributed by atoms with Crippen molar-refractivity contribution in [2.75, 3.05) is 32.9 Å². The van der Waals surface area contributed by atoms with Crippen LogP contribution in [0.25, 0.3) is 0 Å². The van der Waals surface area contributed by atoms with Crippen LogP contribution in [0, 0.1) is 0 Å². The van der Waals surface area contributed by atoms with Crippen molar-refractivity contribution in [2.24, 2.45) is 4.99 Å². The van der Waals surface area contributed by atoms with Gasteiger partial charge in [0.2, 0.25) is 5.91 Å².